The predicted molar refractivity (Wildman–Crippen MR) is 69.5 cm³/mol. The minimum atomic E-state index is 0.714. The molecular formula is C13H22N2S. The first kappa shape index (κ1) is 12.3. The highest BCUT2D eigenvalue weighted by atomic mass is 32.2. The fourth-order valence-electron chi connectivity index (χ4n) is 3.12. The van der Waals surface area contributed by atoms with Crippen LogP contribution in [0.5, 0.6) is 0 Å². The molecule has 90 valence electrons. The van der Waals surface area contributed by atoms with Gasteiger partial charge in [0.2, 0.25) is 0 Å². The van der Waals surface area contributed by atoms with Gasteiger partial charge in [0.05, 0.1) is 6.07 Å². The van der Waals surface area contributed by atoms with Crippen LogP contribution in [0.15, 0.2) is 0 Å². The van der Waals surface area contributed by atoms with Crippen LogP contribution < -0.4 is 0 Å². The molecule has 0 saturated carbocycles. The lowest BCUT2D eigenvalue weighted by molar-refractivity contribution is 0.0693. The van der Waals surface area contributed by atoms with Crippen molar-refractivity contribution < 1.29 is 0 Å². The zero-order chi connectivity index (χ0) is 11.2. The van der Waals surface area contributed by atoms with Crippen molar-refractivity contribution in [3.05, 3.63) is 0 Å². The number of rotatable bonds is 4. The van der Waals surface area contributed by atoms with Gasteiger partial charge >= 0.3 is 0 Å². The van der Waals surface area contributed by atoms with E-state index >= 15 is 0 Å². The van der Waals surface area contributed by atoms with Gasteiger partial charge in [0.15, 0.2) is 0 Å². The summed E-state index contributed by atoms with van der Waals surface area (Å²) >= 11 is 1.99. The van der Waals surface area contributed by atoms with E-state index in [0.717, 1.165) is 17.7 Å². The lowest BCUT2D eigenvalue weighted by atomic mass is 9.85. The van der Waals surface area contributed by atoms with Gasteiger partial charge in [-0.05, 0) is 50.4 Å². The first-order chi connectivity index (χ1) is 7.92. The Kier molecular flexibility index (Phi) is 4.99. The second-order valence-electron chi connectivity index (χ2n) is 4.98. The van der Waals surface area contributed by atoms with Gasteiger partial charge in [-0.3, -0.25) is 0 Å². The summed E-state index contributed by atoms with van der Waals surface area (Å²) in [6.07, 6.45) is 7.78. The molecule has 2 aliphatic heterocycles. The zero-order valence-corrected chi connectivity index (χ0v) is 10.8. The Morgan fingerprint density at radius 2 is 2.06 bits per heavy atom. The van der Waals surface area contributed by atoms with E-state index in [9.17, 15) is 0 Å². The number of hydrogen-bond acceptors (Lipinski definition) is 3. The summed E-state index contributed by atoms with van der Waals surface area (Å²) < 4.78 is 0. The summed E-state index contributed by atoms with van der Waals surface area (Å²) in [4.78, 5) is 2.72. The summed E-state index contributed by atoms with van der Waals surface area (Å²) in [5.41, 5.74) is 0. The Labute approximate surface area is 103 Å². The van der Waals surface area contributed by atoms with Gasteiger partial charge in [-0.2, -0.15) is 17.0 Å². The average Bonchev–Trinajstić information content (AvgIpc) is 2.35. The van der Waals surface area contributed by atoms with Crippen molar-refractivity contribution >= 4 is 11.8 Å². The summed E-state index contributed by atoms with van der Waals surface area (Å²) in [6.45, 7) is 2.67. The molecule has 3 heteroatoms. The molecule has 2 rings (SSSR count). The second kappa shape index (κ2) is 6.51. The van der Waals surface area contributed by atoms with Crippen molar-refractivity contribution in [3.8, 4) is 6.07 Å². The van der Waals surface area contributed by atoms with Crippen molar-refractivity contribution in [1.29, 1.82) is 5.26 Å². The van der Waals surface area contributed by atoms with Gasteiger partial charge in [0.1, 0.15) is 0 Å². The van der Waals surface area contributed by atoms with Crippen LogP contribution >= 0.6 is 11.8 Å². The number of nitriles is 1. The number of thioether (sulfide) groups is 1. The molecule has 0 aliphatic carbocycles. The molecule has 0 bridgehead atoms. The highest BCUT2D eigenvalue weighted by Gasteiger charge is 2.32. The number of fused-ring (bicyclic) bond motifs is 1. The SMILES string of the molecule is N#CCCSC[C@H]1CCCN2CCCC[C@H]12. The first-order valence-electron chi connectivity index (χ1n) is 6.60. The molecular weight excluding hydrogens is 216 g/mol. The van der Waals surface area contributed by atoms with Crippen LogP contribution in [0.4, 0.5) is 0 Å². The topological polar surface area (TPSA) is 27.0 Å². The van der Waals surface area contributed by atoms with Crippen LogP contribution in [0.1, 0.15) is 38.5 Å². The quantitative estimate of drug-likeness (QED) is 0.705. The Morgan fingerprint density at radius 3 is 2.94 bits per heavy atom. The lowest BCUT2D eigenvalue weighted by Crippen LogP contribution is -2.48. The van der Waals surface area contributed by atoms with Gasteiger partial charge in [-0.25, -0.2) is 0 Å². The third-order valence-corrected chi connectivity index (χ3v) is 5.08. The van der Waals surface area contributed by atoms with Crippen LogP contribution in [0.25, 0.3) is 0 Å². The third-order valence-electron chi connectivity index (χ3n) is 3.92. The Bertz CT molecular complexity index is 247. The van der Waals surface area contributed by atoms with Crippen LogP contribution in [0, 0.1) is 17.2 Å². The zero-order valence-electron chi connectivity index (χ0n) is 10.0. The van der Waals surface area contributed by atoms with Crippen LogP contribution in [0.2, 0.25) is 0 Å². The molecule has 2 nitrogen and oxygen atoms in total. The van der Waals surface area contributed by atoms with Crippen LogP contribution in [0.3, 0.4) is 0 Å². The molecule has 2 fully saturated rings. The fourth-order valence-corrected chi connectivity index (χ4v) is 4.22. The lowest BCUT2D eigenvalue weighted by Gasteiger charge is -2.44. The molecule has 2 heterocycles. The fraction of sp³-hybridized carbons (Fsp3) is 0.923. The number of hydrogen-bond donors (Lipinski definition) is 0. The van der Waals surface area contributed by atoms with Crippen LogP contribution in [-0.4, -0.2) is 35.5 Å². The predicted octanol–water partition coefficient (Wildman–Crippen LogP) is 2.90. The summed E-state index contributed by atoms with van der Waals surface area (Å²) in [5, 5.41) is 8.52. The van der Waals surface area contributed by atoms with E-state index in [1.54, 1.807) is 0 Å². The summed E-state index contributed by atoms with van der Waals surface area (Å²) in [7, 11) is 0. The highest BCUT2D eigenvalue weighted by molar-refractivity contribution is 7.99. The molecule has 2 saturated heterocycles. The number of piperidine rings is 2. The van der Waals surface area contributed by atoms with Crippen molar-refractivity contribution in [1.82, 2.24) is 4.90 Å². The average molecular weight is 238 g/mol. The molecule has 2 aliphatic rings. The van der Waals surface area contributed by atoms with Gasteiger partial charge in [0.25, 0.3) is 0 Å². The molecule has 0 amide bonds. The Balaban J connectivity index is 1.76. The standard InChI is InChI=1S/C13H22N2S/c14-7-4-10-16-11-12-5-3-9-15-8-2-1-6-13(12)15/h12-13H,1-6,8-11H2/t12-,13-/m1/s1. The smallest absolute Gasteiger partial charge is 0.0630 e. The minimum Gasteiger partial charge on any atom is -0.300 e. The van der Waals surface area contributed by atoms with Gasteiger partial charge < -0.3 is 4.90 Å². The van der Waals surface area contributed by atoms with Crippen LogP contribution in [-0.2, 0) is 0 Å². The first-order valence-corrected chi connectivity index (χ1v) is 7.76. The van der Waals surface area contributed by atoms with E-state index < -0.39 is 0 Å². The van der Waals surface area contributed by atoms with E-state index in [-0.39, 0.29) is 0 Å². The monoisotopic (exact) mass is 238 g/mol. The van der Waals surface area contributed by atoms with E-state index in [1.165, 1.54) is 50.9 Å². The van der Waals surface area contributed by atoms with Crippen molar-refractivity contribution in [2.75, 3.05) is 24.6 Å². The van der Waals surface area contributed by atoms with Crippen molar-refractivity contribution in [3.63, 3.8) is 0 Å². The van der Waals surface area contributed by atoms with E-state index in [2.05, 4.69) is 11.0 Å². The van der Waals surface area contributed by atoms with Gasteiger partial charge in [0, 0.05) is 18.2 Å². The summed E-state index contributed by atoms with van der Waals surface area (Å²) in [6, 6.07) is 3.10. The summed E-state index contributed by atoms with van der Waals surface area (Å²) in [5.74, 6) is 3.21. The molecule has 0 spiro atoms. The molecule has 16 heavy (non-hydrogen) atoms. The maximum absolute atomic E-state index is 8.52. The van der Waals surface area contributed by atoms with E-state index in [1.807, 2.05) is 11.8 Å². The number of nitrogens with zero attached hydrogens (tertiary/aromatic N) is 2. The molecule has 0 N–H and O–H groups in total. The molecule has 2 atom stereocenters. The third kappa shape index (κ3) is 3.15. The van der Waals surface area contributed by atoms with Gasteiger partial charge in [-0.1, -0.05) is 6.42 Å². The molecule has 0 unspecified atom stereocenters. The minimum absolute atomic E-state index is 0.714. The van der Waals surface area contributed by atoms with E-state index in [0.29, 0.717) is 6.42 Å². The normalized spacial score (nSPS) is 30.7. The molecule has 0 aromatic carbocycles. The Morgan fingerprint density at radius 1 is 1.19 bits per heavy atom. The van der Waals surface area contributed by atoms with Gasteiger partial charge in [-0.15, -0.1) is 0 Å². The van der Waals surface area contributed by atoms with Crippen molar-refractivity contribution in [2.24, 2.45) is 5.92 Å². The molecule has 0 aromatic rings. The highest BCUT2D eigenvalue weighted by Crippen LogP contribution is 2.32. The molecule has 0 aromatic heterocycles. The maximum Gasteiger partial charge on any atom is 0.0630 e. The maximum atomic E-state index is 8.52. The van der Waals surface area contributed by atoms with E-state index in [4.69, 9.17) is 5.26 Å². The molecule has 0 radical (unpaired) electrons. The van der Waals surface area contributed by atoms with Crippen molar-refractivity contribution in [2.45, 2.75) is 44.6 Å². The Hall–Kier alpha value is -0.200. The second-order valence-corrected chi connectivity index (χ2v) is 6.13. The largest absolute Gasteiger partial charge is 0.300 e.